The first-order chi connectivity index (χ1) is 9.52. The Labute approximate surface area is 127 Å². The van der Waals surface area contributed by atoms with E-state index in [1.165, 1.54) is 36.3 Å². The largest absolute Gasteiger partial charge is 0.494 e. The summed E-state index contributed by atoms with van der Waals surface area (Å²) in [6.07, 6.45) is 2.69. The molecule has 0 bridgehead atoms. The Kier molecular flexibility index (Phi) is 4.48. The summed E-state index contributed by atoms with van der Waals surface area (Å²) in [6.45, 7) is -0.186. The van der Waals surface area contributed by atoms with Crippen LogP contribution in [0.2, 0.25) is 0 Å². The van der Waals surface area contributed by atoms with Gasteiger partial charge in [-0.1, -0.05) is 0 Å². The Morgan fingerprint density at radius 3 is 2.90 bits per heavy atom. The molecule has 0 radical (unpaired) electrons. The molecule has 0 aliphatic carbocycles. The average molecular weight is 388 g/mol. The Morgan fingerprint density at radius 2 is 2.25 bits per heavy atom. The van der Waals surface area contributed by atoms with Gasteiger partial charge in [-0.15, -0.1) is 0 Å². The maximum absolute atomic E-state index is 13.5. The van der Waals surface area contributed by atoms with Gasteiger partial charge in [-0.05, 0) is 40.8 Å². The Bertz CT molecular complexity index is 715. The maximum atomic E-state index is 13.5. The fraction of sp³-hybridized carbons (Fsp3) is 0.154. The summed E-state index contributed by atoms with van der Waals surface area (Å²) in [5.74, 6) is -0.932. The molecule has 5 nitrogen and oxygen atoms in total. The van der Waals surface area contributed by atoms with Gasteiger partial charge in [0.05, 0.1) is 23.6 Å². The quantitative estimate of drug-likeness (QED) is 0.593. The molecule has 2 aromatic rings. The van der Waals surface area contributed by atoms with Crippen molar-refractivity contribution >= 4 is 28.4 Å². The highest BCUT2D eigenvalue weighted by Gasteiger charge is 2.12. The molecule has 0 spiro atoms. The zero-order chi connectivity index (χ0) is 14.7. The summed E-state index contributed by atoms with van der Waals surface area (Å²) in [5.41, 5.74) is -0.128. The highest BCUT2D eigenvalue weighted by Crippen LogP contribution is 2.18. The van der Waals surface area contributed by atoms with Crippen LogP contribution in [0.4, 0.5) is 4.39 Å². The number of ether oxygens (including phenoxy) is 1. The number of benzene rings is 1. The zero-order valence-corrected chi connectivity index (χ0v) is 12.6. The minimum atomic E-state index is -0.619. The third kappa shape index (κ3) is 3.03. The SMILES string of the molecule is COc1ccc(C(=O)Cn2cncc(I)c2=O)cc1F. The van der Waals surface area contributed by atoms with Gasteiger partial charge in [-0.25, -0.2) is 9.37 Å². The molecule has 0 saturated carbocycles. The standard InChI is InChI=1S/C13H10FIN2O3/c1-20-12-3-2-8(4-9(12)14)11(18)6-17-7-16-5-10(15)13(17)19/h2-5,7H,6H2,1H3. The molecule has 7 heteroatoms. The van der Waals surface area contributed by atoms with Crippen LogP contribution in [-0.2, 0) is 6.54 Å². The highest BCUT2D eigenvalue weighted by atomic mass is 127. The van der Waals surface area contributed by atoms with E-state index in [-0.39, 0.29) is 29.2 Å². The number of Topliss-reactive ketones (excluding diaryl/α,β-unsaturated/α-hetero) is 1. The predicted octanol–water partition coefficient (Wildman–Crippen LogP) is 1.88. The van der Waals surface area contributed by atoms with E-state index in [1.807, 2.05) is 22.6 Å². The lowest BCUT2D eigenvalue weighted by atomic mass is 10.1. The van der Waals surface area contributed by atoms with Crippen molar-refractivity contribution in [2.45, 2.75) is 6.54 Å². The highest BCUT2D eigenvalue weighted by molar-refractivity contribution is 14.1. The van der Waals surface area contributed by atoms with E-state index in [2.05, 4.69) is 4.98 Å². The third-order valence-corrected chi connectivity index (χ3v) is 3.39. The molecule has 1 aromatic heterocycles. The van der Waals surface area contributed by atoms with E-state index in [9.17, 15) is 14.0 Å². The molecule has 0 N–H and O–H groups in total. The lowest BCUT2D eigenvalue weighted by molar-refractivity contribution is 0.0970. The molecular weight excluding hydrogens is 378 g/mol. The van der Waals surface area contributed by atoms with E-state index in [1.54, 1.807) is 0 Å². The van der Waals surface area contributed by atoms with Crippen molar-refractivity contribution in [3.8, 4) is 5.75 Å². The van der Waals surface area contributed by atoms with E-state index >= 15 is 0 Å². The molecule has 0 amide bonds. The number of nitrogens with zero attached hydrogens (tertiary/aromatic N) is 2. The minimum Gasteiger partial charge on any atom is -0.494 e. The van der Waals surface area contributed by atoms with Crippen LogP contribution in [0.25, 0.3) is 0 Å². The van der Waals surface area contributed by atoms with Crippen molar-refractivity contribution in [3.05, 3.63) is 56.0 Å². The first-order valence-corrected chi connectivity index (χ1v) is 6.67. The number of halogens is 2. The Hall–Kier alpha value is -1.77. The second kappa shape index (κ2) is 6.12. The van der Waals surface area contributed by atoms with Gasteiger partial charge in [0.25, 0.3) is 5.56 Å². The first kappa shape index (κ1) is 14.6. The van der Waals surface area contributed by atoms with E-state index in [4.69, 9.17) is 4.74 Å². The van der Waals surface area contributed by atoms with E-state index < -0.39 is 5.82 Å². The van der Waals surface area contributed by atoms with E-state index in [0.717, 1.165) is 6.07 Å². The van der Waals surface area contributed by atoms with Gasteiger partial charge in [0.15, 0.2) is 17.3 Å². The molecule has 0 fully saturated rings. The number of carbonyl (C=O) groups is 1. The molecule has 0 unspecified atom stereocenters. The normalized spacial score (nSPS) is 10.3. The van der Waals surface area contributed by atoms with Gasteiger partial charge in [0.2, 0.25) is 0 Å². The van der Waals surface area contributed by atoms with Gasteiger partial charge in [0.1, 0.15) is 0 Å². The van der Waals surface area contributed by atoms with Crippen molar-refractivity contribution in [2.24, 2.45) is 0 Å². The number of aromatic nitrogens is 2. The average Bonchev–Trinajstić information content (AvgIpc) is 2.43. The van der Waals surface area contributed by atoms with Crippen LogP contribution >= 0.6 is 22.6 Å². The molecule has 0 saturated heterocycles. The van der Waals surface area contributed by atoms with Gasteiger partial charge in [-0.3, -0.25) is 14.2 Å². The Morgan fingerprint density at radius 1 is 1.50 bits per heavy atom. The van der Waals surface area contributed by atoms with Crippen molar-refractivity contribution in [2.75, 3.05) is 7.11 Å². The summed E-state index contributed by atoms with van der Waals surface area (Å²) < 4.78 is 19.9. The van der Waals surface area contributed by atoms with Crippen LogP contribution in [0.15, 0.2) is 35.5 Å². The zero-order valence-electron chi connectivity index (χ0n) is 10.5. The van der Waals surface area contributed by atoms with Crippen LogP contribution in [-0.4, -0.2) is 22.4 Å². The summed E-state index contributed by atoms with van der Waals surface area (Å²) in [4.78, 5) is 27.6. The van der Waals surface area contributed by atoms with Crippen LogP contribution in [0.1, 0.15) is 10.4 Å². The van der Waals surface area contributed by atoms with Crippen LogP contribution in [0.3, 0.4) is 0 Å². The van der Waals surface area contributed by atoms with Crippen molar-refractivity contribution in [1.29, 1.82) is 0 Å². The number of hydrogen-bond acceptors (Lipinski definition) is 4. The van der Waals surface area contributed by atoms with Gasteiger partial charge in [0, 0.05) is 11.8 Å². The predicted molar refractivity (Wildman–Crippen MR) is 78.5 cm³/mol. The van der Waals surface area contributed by atoms with Crippen LogP contribution in [0.5, 0.6) is 5.75 Å². The Balaban J connectivity index is 2.26. The summed E-state index contributed by atoms with van der Waals surface area (Å²) >= 11 is 1.84. The molecule has 2 rings (SSSR count). The van der Waals surface area contributed by atoms with Crippen LogP contribution < -0.4 is 10.3 Å². The number of rotatable bonds is 4. The van der Waals surface area contributed by atoms with Crippen molar-refractivity contribution in [1.82, 2.24) is 9.55 Å². The molecule has 0 atom stereocenters. The van der Waals surface area contributed by atoms with Crippen LogP contribution in [0, 0.1) is 9.39 Å². The minimum absolute atomic E-state index is 0.0645. The lowest BCUT2D eigenvalue weighted by Crippen LogP contribution is -2.26. The van der Waals surface area contributed by atoms with Gasteiger partial charge in [-0.2, -0.15) is 0 Å². The number of ketones is 1. The number of carbonyl (C=O) groups excluding carboxylic acids is 1. The fourth-order valence-electron chi connectivity index (χ4n) is 1.62. The summed E-state index contributed by atoms with van der Waals surface area (Å²) in [6, 6.07) is 3.92. The molecular formula is C13H10FIN2O3. The lowest BCUT2D eigenvalue weighted by Gasteiger charge is -2.06. The molecule has 20 heavy (non-hydrogen) atoms. The summed E-state index contributed by atoms with van der Waals surface area (Å²) in [5, 5.41) is 0. The van der Waals surface area contributed by atoms with Crippen molar-refractivity contribution in [3.63, 3.8) is 0 Å². The van der Waals surface area contributed by atoms with Crippen molar-refractivity contribution < 1.29 is 13.9 Å². The summed E-state index contributed by atoms with van der Waals surface area (Å²) in [7, 11) is 1.34. The van der Waals surface area contributed by atoms with Gasteiger partial charge < -0.3 is 4.74 Å². The second-order valence-electron chi connectivity index (χ2n) is 3.95. The third-order valence-electron chi connectivity index (χ3n) is 2.65. The molecule has 0 aliphatic heterocycles. The van der Waals surface area contributed by atoms with Gasteiger partial charge >= 0.3 is 0 Å². The monoisotopic (exact) mass is 388 g/mol. The molecule has 104 valence electrons. The fourth-order valence-corrected chi connectivity index (χ4v) is 2.09. The van der Waals surface area contributed by atoms with E-state index in [0.29, 0.717) is 3.57 Å². The topological polar surface area (TPSA) is 61.2 Å². The smallest absolute Gasteiger partial charge is 0.267 e. The molecule has 0 aliphatic rings. The number of methoxy groups -OCH3 is 1. The molecule has 1 aromatic carbocycles. The number of hydrogen-bond donors (Lipinski definition) is 0. The molecule has 1 heterocycles. The maximum Gasteiger partial charge on any atom is 0.267 e. The first-order valence-electron chi connectivity index (χ1n) is 5.59. The second-order valence-corrected chi connectivity index (χ2v) is 5.11.